The number of aromatic nitrogens is 1. The van der Waals surface area contributed by atoms with Crippen LogP contribution < -0.4 is 11.1 Å². The van der Waals surface area contributed by atoms with Gasteiger partial charge in [-0.15, -0.1) is 0 Å². The third-order valence-corrected chi connectivity index (χ3v) is 5.91. The zero-order chi connectivity index (χ0) is 14.9. The standard InChI is InChI=1S/C16H22BrN3O/c17-12-7-13(10-19-9-12)20-11-16-4-1-15(2-5-16,3-6-16)8-14(18)21/h7,9-10,20H,1-6,8,11H2,(H2,18,21). The Morgan fingerprint density at radius 1 is 1.19 bits per heavy atom. The van der Waals surface area contributed by atoms with E-state index < -0.39 is 0 Å². The number of carbonyl (C=O) groups excluding carboxylic acids is 1. The summed E-state index contributed by atoms with van der Waals surface area (Å²) in [5, 5.41) is 3.54. The van der Waals surface area contributed by atoms with Crippen LogP contribution in [0.3, 0.4) is 0 Å². The number of carbonyl (C=O) groups is 1. The minimum Gasteiger partial charge on any atom is -0.383 e. The Morgan fingerprint density at radius 3 is 2.38 bits per heavy atom. The van der Waals surface area contributed by atoms with Crippen molar-refractivity contribution in [1.82, 2.24) is 4.98 Å². The van der Waals surface area contributed by atoms with Crippen molar-refractivity contribution in [1.29, 1.82) is 0 Å². The summed E-state index contributed by atoms with van der Waals surface area (Å²) in [6.45, 7) is 0.998. The number of hydrogen-bond donors (Lipinski definition) is 2. The molecule has 5 heteroatoms. The van der Waals surface area contributed by atoms with Gasteiger partial charge in [-0.2, -0.15) is 0 Å². The van der Waals surface area contributed by atoms with Gasteiger partial charge in [0.15, 0.2) is 0 Å². The third kappa shape index (κ3) is 3.23. The maximum absolute atomic E-state index is 11.3. The fraction of sp³-hybridized carbons (Fsp3) is 0.625. The van der Waals surface area contributed by atoms with E-state index >= 15 is 0 Å². The normalized spacial score (nSPS) is 31.1. The molecule has 0 radical (unpaired) electrons. The second-order valence-corrected chi connectivity index (χ2v) is 7.80. The van der Waals surface area contributed by atoms with Gasteiger partial charge < -0.3 is 11.1 Å². The minimum atomic E-state index is -0.136. The first kappa shape index (κ1) is 14.8. The number of nitrogens with two attached hydrogens (primary N) is 1. The summed E-state index contributed by atoms with van der Waals surface area (Å²) in [6, 6.07) is 2.06. The van der Waals surface area contributed by atoms with Crippen molar-refractivity contribution < 1.29 is 4.79 Å². The van der Waals surface area contributed by atoms with Crippen LogP contribution in [0.5, 0.6) is 0 Å². The molecule has 1 heterocycles. The molecule has 1 aromatic heterocycles. The van der Waals surface area contributed by atoms with Crippen LogP contribution in [0.4, 0.5) is 5.69 Å². The number of primary amides is 1. The van der Waals surface area contributed by atoms with E-state index in [9.17, 15) is 4.79 Å². The van der Waals surface area contributed by atoms with E-state index in [1.807, 2.05) is 6.20 Å². The van der Waals surface area contributed by atoms with Gasteiger partial charge in [-0.25, -0.2) is 0 Å². The summed E-state index contributed by atoms with van der Waals surface area (Å²) in [4.78, 5) is 15.5. The van der Waals surface area contributed by atoms with Gasteiger partial charge >= 0.3 is 0 Å². The van der Waals surface area contributed by atoms with Gasteiger partial charge in [-0.1, -0.05) is 0 Å². The lowest BCUT2D eigenvalue weighted by Crippen LogP contribution is -2.46. The Balaban J connectivity index is 1.60. The minimum absolute atomic E-state index is 0.136. The van der Waals surface area contributed by atoms with Crippen LogP contribution in [0.25, 0.3) is 0 Å². The summed E-state index contributed by atoms with van der Waals surface area (Å²) in [5.41, 5.74) is 7.09. The molecule has 3 fully saturated rings. The second kappa shape index (κ2) is 5.59. The molecule has 0 saturated heterocycles. The van der Waals surface area contributed by atoms with Crippen LogP contribution in [0.1, 0.15) is 44.9 Å². The molecular formula is C16H22BrN3O. The lowest BCUT2D eigenvalue weighted by Gasteiger charge is -2.53. The molecule has 2 bridgehead atoms. The second-order valence-electron chi connectivity index (χ2n) is 6.89. The highest BCUT2D eigenvalue weighted by molar-refractivity contribution is 9.10. The zero-order valence-corrected chi connectivity index (χ0v) is 13.8. The van der Waals surface area contributed by atoms with Gasteiger partial charge in [0.25, 0.3) is 0 Å². The Bertz CT molecular complexity index is 522. The van der Waals surface area contributed by atoms with Crippen LogP contribution in [-0.4, -0.2) is 17.4 Å². The number of rotatable bonds is 5. The quantitative estimate of drug-likeness (QED) is 0.853. The lowest BCUT2D eigenvalue weighted by molar-refractivity contribution is -0.123. The number of hydrogen-bond acceptors (Lipinski definition) is 3. The molecule has 4 rings (SSSR count). The van der Waals surface area contributed by atoms with Gasteiger partial charge in [-0.05, 0) is 71.4 Å². The van der Waals surface area contributed by atoms with Crippen LogP contribution in [0.15, 0.2) is 22.9 Å². The topological polar surface area (TPSA) is 68.0 Å². The number of pyridine rings is 1. The monoisotopic (exact) mass is 351 g/mol. The van der Waals surface area contributed by atoms with E-state index in [2.05, 4.69) is 32.3 Å². The van der Waals surface area contributed by atoms with E-state index in [0.29, 0.717) is 11.8 Å². The SMILES string of the molecule is NC(=O)CC12CCC(CNc3cncc(Br)c3)(CC1)CC2. The Labute approximate surface area is 134 Å². The largest absolute Gasteiger partial charge is 0.383 e. The average molecular weight is 352 g/mol. The number of fused-ring (bicyclic) bond motifs is 3. The fourth-order valence-electron chi connectivity index (χ4n) is 4.04. The molecule has 0 atom stereocenters. The summed E-state index contributed by atoms with van der Waals surface area (Å²) < 4.78 is 0.998. The highest BCUT2D eigenvalue weighted by atomic mass is 79.9. The number of nitrogens with one attached hydrogen (secondary N) is 1. The van der Waals surface area contributed by atoms with E-state index in [1.54, 1.807) is 6.20 Å². The molecule has 0 aliphatic heterocycles. The van der Waals surface area contributed by atoms with Crippen molar-refractivity contribution in [2.45, 2.75) is 44.9 Å². The van der Waals surface area contributed by atoms with Gasteiger partial charge in [-0.3, -0.25) is 9.78 Å². The van der Waals surface area contributed by atoms with Gasteiger partial charge in [0, 0.05) is 23.6 Å². The van der Waals surface area contributed by atoms with E-state index in [0.717, 1.165) is 36.0 Å². The fourth-order valence-corrected chi connectivity index (χ4v) is 4.40. The highest BCUT2D eigenvalue weighted by Gasteiger charge is 2.48. The van der Waals surface area contributed by atoms with Crippen molar-refractivity contribution >= 4 is 27.5 Å². The number of nitrogens with zero attached hydrogens (tertiary/aromatic N) is 1. The molecule has 1 aromatic rings. The average Bonchev–Trinajstić information content (AvgIpc) is 2.47. The molecule has 3 saturated carbocycles. The predicted molar refractivity (Wildman–Crippen MR) is 86.8 cm³/mol. The maximum atomic E-state index is 11.3. The molecule has 3 aliphatic rings. The van der Waals surface area contributed by atoms with Gasteiger partial charge in [0.2, 0.25) is 5.91 Å². The Kier molecular flexibility index (Phi) is 3.95. The molecule has 21 heavy (non-hydrogen) atoms. The van der Waals surface area contributed by atoms with Gasteiger partial charge in [0.05, 0.1) is 11.9 Å². The summed E-state index contributed by atoms with van der Waals surface area (Å²) in [5.74, 6) is -0.136. The van der Waals surface area contributed by atoms with E-state index in [1.165, 1.54) is 19.3 Å². The van der Waals surface area contributed by atoms with Crippen LogP contribution in [0, 0.1) is 10.8 Å². The molecule has 0 aromatic carbocycles. The first-order valence-electron chi connectivity index (χ1n) is 7.64. The number of amides is 1. The third-order valence-electron chi connectivity index (χ3n) is 5.48. The van der Waals surface area contributed by atoms with Crippen LogP contribution in [0.2, 0.25) is 0 Å². The zero-order valence-electron chi connectivity index (χ0n) is 12.2. The van der Waals surface area contributed by atoms with Gasteiger partial charge in [0.1, 0.15) is 0 Å². The molecule has 0 unspecified atom stereocenters. The molecule has 114 valence electrons. The van der Waals surface area contributed by atoms with Crippen molar-refractivity contribution in [2.24, 2.45) is 16.6 Å². The van der Waals surface area contributed by atoms with E-state index in [-0.39, 0.29) is 11.3 Å². The smallest absolute Gasteiger partial charge is 0.217 e. The molecular weight excluding hydrogens is 330 g/mol. The Morgan fingerprint density at radius 2 is 1.81 bits per heavy atom. The van der Waals surface area contributed by atoms with Crippen molar-refractivity contribution in [3.8, 4) is 0 Å². The number of halogens is 1. The van der Waals surface area contributed by atoms with Crippen molar-refractivity contribution in [2.75, 3.05) is 11.9 Å². The molecule has 3 N–H and O–H groups in total. The van der Waals surface area contributed by atoms with Crippen molar-refractivity contribution in [3.05, 3.63) is 22.9 Å². The molecule has 3 aliphatic carbocycles. The summed E-state index contributed by atoms with van der Waals surface area (Å²) in [6.07, 6.45) is 11.3. The summed E-state index contributed by atoms with van der Waals surface area (Å²) in [7, 11) is 0. The first-order valence-corrected chi connectivity index (χ1v) is 8.43. The molecule has 4 nitrogen and oxygen atoms in total. The van der Waals surface area contributed by atoms with E-state index in [4.69, 9.17) is 5.73 Å². The summed E-state index contributed by atoms with van der Waals surface area (Å²) >= 11 is 3.45. The molecule has 0 spiro atoms. The van der Waals surface area contributed by atoms with Crippen LogP contribution >= 0.6 is 15.9 Å². The van der Waals surface area contributed by atoms with Crippen molar-refractivity contribution in [3.63, 3.8) is 0 Å². The predicted octanol–water partition coefficient (Wildman–Crippen LogP) is 3.47. The first-order chi connectivity index (χ1) is 10.0. The highest BCUT2D eigenvalue weighted by Crippen LogP contribution is 2.58. The lowest BCUT2D eigenvalue weighted by atomic mass is 9.53. The Hall–Kier alpha value is -1.10. The number of anilines is 1. The maximum Gasteiger partial charge on any atom is 0.217 e. The van der Waals surface area contributed by atoms with Crippen LogP contribution in [-0.2, 0) is 4.79 Å². The molecule has 1 amide bonds.